The molecule has 4 nitrogen and oxygen atoms in total. The Kier molecular flexibility index (Phi) is 4.74. The molecule has 0 aromatic rings. The van der Waals surface area contributed by atoms with Crippen LogP contribution < -0.4 is 5.32 Å². The van der Waals surface area contributed by atoms with E-state index in [4.69, 9.17) is 4.74 Å². The summed E-state index contributed by atoms with van der Waals surface area (Å²) in [7, 11) is 1.67. The first-order valence-electron chi connectivity index (χ1n) is 6.16. The fraction of sp³-hybridized carbons (Fsp3) is 0.917. The highest BCUT2D eigenvalue weighted by atomic mass is 16.5. The summed E-state index contributed by atoms with van der Waals surface area (Å²) in [6.45, 7) is 7.47. The molecule has 0 spiro atoms. The van der Waals surface area contributed by atoms with E-state index in [0.717, 1.165) is 19.3 Å². The summed E-state index contributed by atoms with van der Waals surface area (Å²) in [5.41, 5.74) is -0.381. The third-order valence-corrected chi connectivity index (χ3v) is 3.40. The van der Waals surface area contributed by atoms with Crippen LogP contribution in [0, 0.1) is 0 Å². The van der Waals surface area contributed by atoms with Crippen molar-refractivity contribution < 1.29 is 9.53 Å². The van der Waals surface area contributed by atoms with Crippen molar-refractivity contribution in [2.45, 2.75) is 51.7 Å². The van der Waals surface area contributed by atoms with Crippen LogP contribution in [0.5, 0.6) is 0 Å². The Labute approximate surface area is 98.3 Å². The average molecular weight is 228 g/mol. The maximum absolute atomic E-state index is 12.3. The van der Waals surface area contributed by atoms with Crippen LogP contribution in [0.25, 0.3) is 0 Å². The molecular weight excluding hydrogens is 204 g/mol. The van der Waals surface area contributed by atoms with Gasteiger partial charge in [0.05, 0.1) is 18.3 Å². The molecule has 0 bridgehead atoms. The van der Waals surface area contributed by atoms with Crippen molar-refractivity contribution >= 4 is 5.91 Å². The van der Waals surface area contributed by atoms with E-state index in [1.807, 2.05) is 18.7 Å². The number of methoxy groups -OCH3 is 1. The van der Waals surface area contributed by atoms with Crippen molar-refractivity contribution in [3.05, 3.63) is 0 Å². The van der Waals surface area contributed by atoms with Gasteiger partial charge in [-0.05, 0) is 19.8 Å². The van der Waals surface area contributed by atoms with Gasteiger partial charge in [-0.2, -0.15) is 0 Å². The van der Waals surface area contributed by atoms with Crippen molar-refractivity contribution in [2.24, 2.45) is 0 Å². The lowest BCUT2D eigenvalue weighted by Crippen LogP contribution is -2.43. The number of carbonyl (C=O) groups is 1. The topological polar surface area (TPSA) is 41.6 Å². The fourth-order valence-electron chi connectivity index (χ4n) is 2.17. The maximum Gasteiger partial charge on any atom is 0.243 e. The SMILES string of the molecule is CCCC1NC(C)(CC)C(=O)N1CCOC. The van der Waals surface area contributed by atoms with E-state index in [1.54, 1.807) is 7.11 Å². The summed E-state index contributed by atoms with van der Waals surface area (Å²) >= 11 is 0. The second kappa shape index (κ2) is 5.64. The van der Waals surface area contributed by atoms with E-state index in [-0.39, 0.29) is 17.6 Å². The van der Waals surface area contributed by atoms with E-state index in [0.29, 0.717) is 13.2 Å². The van der Waals surface area contributed by atoms with E-state index < -0.39 is 0 Å². The molecule has 94 valence electrons. The second-order valence-electron chi connectivity index (χ2n) is 4.63. The Morgan fingerprint density at radius 3 is 2.69 bits per heavy atom. The van der Waals surface area contributed by atoms with Gasteiger partial charge in [-0.1, -0.05) is 20.3 Å². The lowest BCUT2D eigenvalue weighted by molar-refractivity contribution is -0.133. The van der Waals surface area contributed by atoms with Crippen molar-refractivity contribution in [1.82, 2.24) is 10.2 Å². The van der Waals surface area contributed by atoms with Crippen LogP contribution in [-0.4, -0.2) is 42.8 Å². The van der Waals surface area contributed by atoms with Crippen molar-refractivity contribution in [3.8, 4) is 0 Å². The molecule has 0 radical (unpaired) electrons. The normalized spacial score (nSPS) is 30.1. The number of carbonyl (C=O) groups excluding carboxylic acids is 1. The van der Waals surface area contributed by atoms with Crippen LogP contribution in [0.4, 0.5) is 0 Å². The van der Waals surface area contributed by atoms with Crippen LogP contribution in [0.1, 0.15) is 40.0 Å². The minimum Gasteiger partial charge on any atom is -0.383 e. The summed E-state index contributed by atoms with van der Waals surface area (Å²) in [6, 6.07) is 0. The summed E-state index contributed by atoms with van der Waals surface area (Å²) in [6.07, 6.45) is 3.09. The molecule has 1 aliphatic rings. The fourth-order valence-corrected chi connectivity index (χ4v) is 2.17. The molecule has 0 aliphatic carbocycles. The molecule has 2 atom stereocenters. The van der Waals surface area contributed by atoms with Gasteiger partial charge in [0.15, 0.2) is 0 Å². The molecule has 1 N–H and O–H groups in total. The minimum absolute atomic E-state index is 0.178. The summed E-state index contributed by atoms with van der Waals surface area (Å²) < 4.78 is 5.06. The highest BCUT2D eigenvalue weighted by Crippen LogP contribution is 2.25. The first-order valence-corrected chi connectivity index (χ1v) is 6.16. The molecule has 4 heteroatoms. The number of ether oxygens (including phenoxy) is 1. The van der Waals surface area contributed by atoms with E-state index in [2.05, 4.69) is 12.2 Å². The van der Waals surface area contributed by atoms with Crippen LogP contribution >= 0.6 is 0 Å². The largest absolute Gasteiger partial charge is 0.383 e. The Morgan fingerprint density at radius 1 is 1.50 bits per heavy atom. The van der Waals surface area contributed by atoms with Gasteiger partial charge in [-0.25, -0.2) is 0 Å². The van der Waals surface area contributed by atoms with Gasteiger partial charge in [0.25, 0.3) is 0 Å². The van der Waals surface area contributed by atoms with Crippen LogP contribution in [0.3, 0.4) is 0 Å². The van der Waals surface area contributed by atoms with Gasteiger partial charge >= 0.3 is 0 Å². The zero-order valence-electron chi connectivity index (χ0n) is 10.9. The van der Waals surface area contributed by atoms with Gasteiger partial charge in [-0.15, -0.1) is 0 Å². The number of hydrogen-bond donors (Lipinski definition) is 1. The van der Waals surface area contributed by atoms with Gasteiger partial charge in [0, 0.05) is 13.7 Å². The molecule has 1 heterocycles. The molecule has 1 rings (SSSR count). The molecule has 16 heavy (non-hydrogen) atoms. The predicted molar refractivity (Wildman–Crippen MR) is 64.1 cm³/mol. The van der Waals surface area contributed by atoms with Crippen molar-refractivity contribution in [1.29, 1.82) is 0 Å². The highest BCUT2D eigenvalue weighted by Gasteiger charge is 2.45. The number of amides is 1. The number of rotatable bonds is 6. The van der Waals surface area contributed by atoms with Crippen LogP contribution in [-0.2, 0) is 9.53 Å². The van der Waals surface area contributed by atoms with Gasteiger partial charge in [0.2, 0.25) is 5.91 Å². The highest BCUT2D eigenvalue weighted by molar-refractivity contribution is 5.88. The van der Waals surface area contributed by atoms with Gasteiger partial charge < -0.3 is 9.64 Å². The molecule has 0 aromatic heterocycles. The average Bonchev–Trinajstić information content (AvgIpc) is 2.51. The first-order chi connectivity index (χ1) is 7.59. The number of nitrogens with one attached hydrogen (secondary N) is 1. The molecular formula is C12H24N2O2. The predicted octanol–water partition coefficient (Wildman–Crippen LogP) is 1.36. The maximum atomic E-state index is 12.3. The van der Waals surface area contributed by atoms with E-state index in [1.165, 1.54) is 0 Å². The Balaban J connectivity index is 2.72. The van der Waals surface area contributed by atoms with Crippen LogP contribution in [0.15, 0.2) is 0 Å². The standard InChI is InChI=1S/C12H24N2O2/c1-5-7-10-13-12(3,6-2)11(15)14(10)8-9-16-4/h10,13H,5-9H2,1-4H3. The first kappa shape index (κ1) is 13.5. The quantitative estimate of drug-likeness (QED) is 0.746. The number of hydrogen-bond acceptors (Lipinski definition) is 3. The zero-order valence-corrected chi connectivity index (χ0v) is 10.9. The Hall–Kier alpha value is -0.610. The summed E-state index contributed by atoms with van der Waals surface area (Å²) in [5, 5.41) is 3.45. The monoisotopic (exact) mass is 228 g/mol. The summed E-state index contributed by atoms with van der Waals surface area (Å²) in [4.78, 5) is 14.2. The number of nitrogens with zero attached hydrogens (tertiary/aromatic N) is 1. The van der Waals surface area contributed by atoms with E-state index >= 15 is 0 Å². The van der Waals surface area contributed by atoms with Crippen LogP contribution in [0.2, 0.25) is 0 Å². The van der Waals surface area contributed by atoms with E-state index in [9.17, 15) is 4.79 Å². The molecule has 1 amide bonds. The third kappa shape index (κ3) is 2.55. The Morgan fingerprint density at radius 2 is 2.19 bits per heavy atom. The third-order valence-electron chi connectivity index (χ3n) is 3.40. The lowest BCUT2D eigenvalue weighted by atomic mass is 9.99. The van der Waals surface area contributed by atoms with Gasteiger partial charge in [-0.3, -0.25) is 10.1 Å². The zero-order chi connectivity index (χ0) is 12.2. The molecule has 1 fully saturated rings. The van der Waals surface area contributed by atoms with Crippen molar-refractivity contribution in [2.75, 3.05) is 20.3 Å². The smallest absolute Gasteiger partial charge is 0.243 e. The molecule has 1 saturated heterocycles. The molecule has 2 unspecified atom stereocenters. The summed E-state index contributed by atoms with van der Waals surface area (Å²) in [5.74, 6) is 0.213. The second-order valence-corrected chi connectivity index (χ2v) is 4.63. The molecule has 1 aliphatic heterocycles. The molecule has 0 aromatic carbocycles. The Bertz CT molecular complexity index is 245. The minimum atomic E-state index is -0.381. The van der Waals surface area contributed by atoms with Gasteiger partial charge in [0.1, 0.15) is 0 Å². The lowest BCUT2D eigenvalue weighted by Gasteiger charge is -2.23. The molecule has 0 saturated carbocycles. The van der Waals surface area contributed by atoms with Crippen molar-refractivity contribution in [3.63, 3.8) is 0 Å².